The number of hydrogen-bond donors (Lipinski definition) is 1. The summed E-state index contributed by atoms with van der Waals surface area (Å²) in [6.07, 6.45) is 2.43. The van der Waals surface area contributed by atoms with Gasteiger partial charge in [-0.15, -0.1) is 12.4 Å². The summed E-state index contributed by atoms with van der Waals surface area (Å²) in [6.45, 7) is 2.91. The first-order valence-electron chi connectivity index (χ1n) is 8.80. The summed E-state index contributed by atoms with van der Waals surface area (Å²) < 4.78 is 53.9. The van der Waals surface area contributed by atoms with Gasteiger partial charge in [0.25, 0.3) is 0 Å². The van der Waals surface area contributed by atoms with E-state index in [1.165, 1.54) is 11.1 Å². The number of rotatable bonds is 7. The molecule has 9 heteroatoms. The second kappa shape index (κ2) is 9.98. The number of hydrogen-bond acceptors (Lipinski definition) is 3. The highest BCUT2D eigenvalue weighted by Gasteiger charge is 2.21. The van der Waals surface area contributed by atoms with Crippen molar-refractivity contribution in [3.05, 3.63) is 64.2 Å². The molecule has 0 amide bonds. The topological polar surface area (TPSA) is 49.4 Å². The first-order chi connectivity index (χ1) is 12.9. The summed E-state index contributed by atoms with van der Waals surface area (Å²) in [5.41, 5.74) is 2.73. The van der Waals surface area contributed by atoms with Crippen molar-refractivity contribution >= 4 is 34.0 Å². The van der Waals surface area contributed by atoms with E-state index in [1.807, 2.05) is 6.07 Å². The number of fused-ring (bicyclic) bond motifs is 1. The molecule has 0 radical (unpaired) electrons. The molecule has 0 atom stereocenters. The normalized spacial score (nSPS) is 14.4. The summed E-state index contributed by atoms with van der Waals surface area (Å²) in [6, 6.07) is 9.65. The van der Waals surface area contributed by atoms with E-state index >= 15 is 0 Å². The zero-order valence-corrected chi connectivity index (χ0v) is 17.5. The Bertz CT molecular complexity index is 926. The van der Waals surface area contributed by atoms with E-state index in [-0.39, 0.29) is 19.0 Å². The molecule has 0 aliphatic carbocycles. The quantitative estimate of drug-likeness (QED) is 0.508. The molecular weight excluding hydrogens is 429 g/mol. The monoisotopic (exact) mass is 450 g/mol. The van der Waals surface area contributed by atoms with Crippen LogP contribution in [-0.2, 0) is 23.0 Å². The van der Waals surface area contributed by atoms with Crippen molar-refractivity contribution in [1.29, 1.82) is 0 Å². The third kappa shape index (κ3) is 5.64. The fraction of sp³-hybridized carbons (Fsp3) is 0.368. The van der Waals surface area contributed by atoms with Gasteiger partial charge in [-0.2, -0.15) is 0 Å². The number of nitrogens with one attached hydrogen (secondary N) is 1. The van der Waals surface area contributed by atoms with E-state index in [9.17, 15) is 17.2 Å². The number of sulfonamides is 1. The molecule has 0 bridgehead atoms. The van der Waals surface area contributed by atoms with Crippen molar-refractivity contribution in [2.45, 2.75) is 30.7 Å². The second-order valence-corrected chi connectivity index (χ2v) is 8.74. The molecule has 0 unspecified atom stereocenters. The Kier molecular flexibility index (Phi) is 8.21. The van der Waals surface area contributed by atoms with Crippen LogP contribution in [0.2, 0.25) is 5.02 Å². The maximum Gasteiger partial charge on any atom is 0.243 e. The average Bonchev–Trinajstić information content (AvgIpc) is 2.64. The van der Waals surface area contributed by atoms with Crippen molar-refractivity contribution in [2.24, 2.45) is 0 Å². The minimum Gasteiger partial charge on any atom is -0.299 e. The zero-order valence-electron chi connectivity index (χ0n) is 15.1. The molecule has 0 saturated carbocycles. The molecule has 2 aromatic carbocycles. The van der Waals surface area contributed by atoms with Crippen molar-refractivity contribution in [1.82, 2.24) is 9.62 Å². The first kappa shape index (κ1) is 23.0. The molecule has 0 saturated heterocycles. The number of nitrogens with zero attached hydrogens (tertiary/aromatic N) is 1. The van der Waals surface area contributed by atoms with Crippen molar-refractivity contribution < 1.29 is 17.2 Å². The highest BCUT2D eigenvalue weighted by Crippen LogP contribution is 2.22. The van der Waals surface area contributed by atoms with E-state index in [1.54, 1.807) is 0 Å². The lowest BCUT2D eigenvalue weighted by Crippen LogP contribution is -2.32. The van der Waals surface area contributed by atoms with Gasteiger partial charge in [0.15, 0.2) is 0 Å². The van der Waals surface area contributed by atoms with Crippen LogP contribution in [0.25, 0.3) is 0 Å². The van der Waals surface area contributed by atoms with E-state index in [0.717, 1.165) is 32.5 Å². The summed E-state index contributed by atoms with van der Waals surface area (Å²) in [5.74, 6) is -2.04. The molecule has 1 heterocycles. The van der Waals surface area contributed by atoms with Crippen LogP contribution >= 0.6 is 24.0 Å². The highest BCUT2D eigenvalue weighted by molar-refractivity contribution is 7.89. The van der Waals surface area contributed by atoms with E-state index in [4.69, 9.17) is 11.6 Å². The Morgan fingerprint density at radius 3 is 2.54 bits per heavy atom. The predicted octanol–water partition coefficient (Wildman–Crippen LogP) is 4.16. The van der Waals surface area contributed by atoms with Gasteiger partial charge in [-0.3, -0.25) is 4.90 Å². The lowest BCUT2D eigenvalue weighted by atomic mass is 10.00. The largest absolute Gasteiger partial charge is 0.299 e. The maximum atomic E-state index is 13.8. The Balaban J connectivity index is 0.00000280. The van der Waals surface area contributed by atoms with Crippen LogP contribution in [0.3, 0.4) is 0 Å². The smallest absolute Gasteiger partial charge is 0.243 e. The summed E-state index contributed by atoms with van der Waals surface area (Å²) in [5, 5.41) is -0.449. The third-order valence-corrected chi connectivity index (χ3v) is 6.43. The predicted molar refractivity (Wildman–Crippen MR) is 108 cm³/mol. The van der Waals surface area contributed by atoms with E-state index < -0.39 is 31.6 Å². The molecule has 4 nitrogen and oxygen atoms in total. The number of halogens is 4. The average molecular weight is 451 g/mol. The van der Waals surface area contributed by atoms with Gasteiger partial charge in [-0.05, 0) is 49.1 Å². The van der Waals surface area contributed by atoms with Crippen LogP contribution in [0.1, 0.15) is 24.0 Å². The zero-order chi connectivity index (χ0) is 19.4. The molecule has 0 fully saturated rings. The fourth-order valence-corrected chi connectivity index (χ4v) is 4.49. The summed E-state index contributed by atoms with van der Waals surface area (Å²) >= 11 is 5.45. The Hall–Kier alpha value is -1.25. The van der Waals surface area contributed by atoms with Crippen LogP contribution in [0.15, 0.2) is 41.3 Å². The molecule has 154 valence electrons. The van der Waals surface area contributed by atoms with Gasteiger partial charge in [0, 0.05) is 19.6 Å². The Morgan fingerprint density at radius 1 is 1.07 bits per heavy atom. The van der Waals surface area contributed by atoms with Crippen LogP contribution in [0.4, 0.5) is 8.78 Å². The fourth-order valence-electron chi connectivity index (χ4n) is 3.20. The lowest BCUT2D eigenvalue weighted by Gasteiger charge is -2.28. The molecule has 2 aromatic rings. The molecule has 0 spiro atoms. The maximum absolute atomic E-state index is 13.8. The Morgan fingerprint density at radius 2 is 1.79 bits per heavy atom. The van der Waals surface area contributed by atoms with Crippen molar-refractivity contribution in [3.8, 4) is 0 Å². The molecule has 1 aliphatic heterocycles. The first-order valence-corrected chi connectivity index (χ1v) is 10.7. The van der Waals surface area contributed by atoms with Gasteiger partial charge in [-0.25, -0.2) is 21.9 Å². The van der Waals surface area contributed by atoms with Gasteiger partial charge in [0.1, 0.15) is 16.5 Å². The second-order valence-electron chi connectivity index (χ2n) is 6.60. The highest BCUT2D eigenvalue weighted by atomic mass is 35.5. The molecule has 3 rings (SSSR count). The standard InChI is InChI=1S/C19H21ClF2N2O2S.ClH/c20-16-11-18(22)19(12-17(16)21)27(25,26)23-8-3-4-9-24-10-7-14-5-1-2-6-15(14)13-24;/h1-2,5-6,11-12,23H,3-4,7-10,13H2;1H. The van der Waals surface area contributed by atoms with Crippen molar-refractivity contribution in [3.63, 3.8) is 0 Å². The van der Waals surface area contributed by atoms with Crippen LogP contribution in [-0.4, -0.2) is 33.0 Å². The molecule has 0 aromatic heterocycles. The minimum atomic E-state index is -4.11. The molecule has 28 heavy (non-hydrogen) atoms. The summed E-state index contributed by atoms with van der Waals surface area (Å²) in [7, 11) is -4.11. The van der Waals surface area contributed by atoms with E-state index in [2.05, 4.69) is 27.8 Å². The van der Waals surface area contributed by atoms with Crippen LogP contribution in [0.5, 0.6) is 0 Å². The Labute approximate surface area is 175 Å². The van der Waals surface area contributed by atoms with E-state index in [0.29, 0.717) is 18.6 Å². The summed E-state index contributed by atoms with van der Waals surface area (Å²) in [4.78, 5) is 1.61. The van der Waals surface area contributed by atoms with Crippen LogP contribution in [0, 0.1) is 11.6 Å². The van der Waals surface area contributed by atoms with Crippen molar-refractivity contribution in [2.75, 3.05) is 19.6 Å². The van der Waals surface area contributed by atoms with Gasteiger partial charge < -0.3 is 0 Å². The van der Waals surface area contributed by atoms with Gasteiger partial charge in [-0.1, -0.05) is 35.9 Å². The number of benzene rings is 2. The lowest BCUT2D eigenvalue weighted by molar-refractivity contribution is 0.249. The molecular formula is C19H22Cl2F2N2O2S. The number of unbranched alkanes of at least 4 members (excludes halogenated alkanes) is 1. The third-order valence-electron chi connectivity index (χ3n) is 4.67. The molecule has 1 N–H and O–H groups in total. The minimum absolute atomic E-state index is 0. The molecule has 1 aliphatic rings. The van der Waals surface area contributed by atoms with Gasteiger partial charge in [0.05, 0.1) is 5.02 Å². The van der Waals surface area contributed by atoms with Crippen LogP contribution < -0.4 is 4.72 Å². The van der Waals surface area contributed by atoms with Gasteiger partial charge >= 0.3 is 0 Å². The SMILES string of the molecule is Cl.O=S(=O)(NCCCCN1CCc2ccccc2C1)c1cc(F)c(Cl)cc1F. The van der Waals surface area contributed by atoms with Gasteiger partial charge in [0.2, 0.25) is 10.0 Å².